The Kier molecular flexibility index (Phi) is 5.12. The Bertz CT molecular complexity index is 989. The summed E-state index contributed by atoms with van der Waals surface area (Å²) in [6.07, 6.45) is 1.20. The predicted octanol–water partition coefficient (Wildman–Crippen LogP) is 1.06. The summed E-state index contributed by atoms with van der Waals surface area (Å²) in [5, 5.41) is 0. The summed E-state index contributed by atoms with van der Waals surface area (Å²) in [5.74, 6) is 1.79. The maximum Gasteiger partial charge on any atom is 0.332 e. The molecule has 1 fully saturated rings. The van der Waals surface area contributed by atoms with Gasteiger partial charge in [0.05, 0.1) is 12.6 Å². The number of fused-ring (bicyclic) bond motifs is 1. The number of carbonyl (C=O) groups is 1. The lowest BCUT2D eigenvalue weighted by Crippen LogP contribution is -2.39. The third kappa shape index (κ3) is 3.38. The van der Waals surface area contributed by atoms with Gasteiger partial charge in [-0.05, 0) is 32.1 Å². The largest absolute Gasteiger partial charge is 0.332 e. The Morgan fingerprint density at radius 3 is 2.30 bits per heavy atom. The van der Waals surface area contributed by atoms with Gasteiger partial charge in [0.25, 0.3) is 5.56 Å². The number of Topliss-reactive ketones (excluding diaryl/α,β-unsaturated/α-hetero) is 1. The highest BCUT2D eigenvalue weighted by Crippen LogP contribution is 2.25. The molecule has 0 N–H and O–H groups in total. The van der Waals surface area contributed by atoms with Gasteiger partial charge in [0.2, 0.25) is 0 Å². The Labute approximate surface area is 158 Å². The Morgan fingerprint density at radius 2 is 1.74 bits per heavy atom. The second-order valence-electron chi connectivity index (χ2n) is 8.20. The van der Waals surface area contributed by atoms with Gasteiger partial charge in [0.1, 0.15) is 5.82 Å². The van der Waals surface area contributed by atoms with Crippen LogP contribution in [0.25, 0.3) is 11.2 Å². The molecule has 0 aliphatic carbocycles. The molecule has 8 heteroatoms. The summed E-state index contributed by atoms with van der Waals surface area (Å²) in [7, 11) is 3.06. The van der Waals surface area contributed by atoms with Crippen LogP contribution >= 0.6 is 0 Å². The van der Waals surface area contributed by atoms with E-state index in [0.717, 1.165) is 17.7 Å². The van der Waals surface area contributed by atoms with Crippen LogP contribution in [0.15, 0.2) is 9.59 Å². The van der Waals surface area contributed by atoms with E-state index in [-0.39, 0.29) is 5.78 Å². The first-order valence-corrected chi connectivity index (χ1v) is 9.51. The molecule has 0 saturated carbocycles. The molecule has 148 valence electrons. The van der Waals surface area contributed by atoms with Gasteiger partial charge in [0, 0.05) is 27.2 Å². The normalized spacial score (nSPS) is 22.3. The fraction of sp³-hybridized carbons (Fsp3) is 0.684. The van der Waals surface area contributed by atoms with E-state index in [1.54, 1.807) is 18.5 Å². The number of likely N-dealkylation sites (tertiary alicyclic amines) is 1. The topological polar surface area (TPSA) is 82.1 Å². The van der Waals surface area contributed by atoms with Crippen molar-refractivity contribution >= 4 is 16.9 Å². The molecule has 3 atom stereocenters. The zero-order valence-corrected chi connectivity index (χ0v) is 17.0. The van der Waals surface area contributed by atoms with E-state index in [0.29, 0.717) is 35.4 Å². The maximum atomic E-state index is 12.8. The van der Waals surface area contributed by atoms with Gasteiger partial charge in [0.15, 0.2) is 16.9 Å². The molecule has 2 aromatic heterocycles. The minimum atomic E-state index is -0.519. The molecule has 3 unspecified atom stereocenters. The number of aromatic nitrogens is 4. The van der Waals surface area contributed by atoms with E-state index in [4.69, 9.17) is 0 Å². The standard InChI is InChI=1S/C19H29N5O3/c1-11-7-12(2)9-23(8-11)10-15-20-17-16(24(15)13(3)14(4)25)18(26)22(6)19(27)21(17)5/h11-13H,7-10H2,1-6H3. The summed E-state index contributed by atoms with van der Waals surface area (Å²) in [6.45, 7) is 10.2. The highest BCUT2D eigenvalue weighted by atomic mass is 16.2. The minimum absolute atomic E-state index is 0.0492. The third-order valence-electron chi connectivity index (χ3n) is 5.65. The van der Waals surface area contributed by atoms with Gasteiger partial charge in [-0.2, -0.15) is 0 Å². The molecule has 27 heavy (non-hydrogen) atoms. The Morgan fingerprint density at radius 1 is 1.15 bits per heavy atom. The van der Waals surface area contributed by atoms with Crippen LogP contribution in [0.1, 0.15) is 46.0 Å². The molecular formula is C19H29N5O3. The smallest absolute Gasteiger partial charge is 0.311 e. The number of carbonyl (C=O) groups excluding carboxylic acids is 1. The molecular weight excluding hydrogens is 346 g/mol. The van der Waals surface area contributed by atoms with Gasteiger partial charge < -0.3 is 4.57 Å². The highest BCUT2D eigenvalue weighted by Gasteiger charge is 2.27. The lowest BCUT2D eigenvalue weighted by Gasteiger charge is -2.34. The predicted molar refractivity (Wildman–Crippen MR) is 104 cm³/mol. The van der Waals surface area contributed by atoms with E-state index in [1.165, 1.54) is 25.0 Å². The van der Waals surface area contributed by atoms with E-state index in [2.05, 4.69) is 23.7 Å². The Hall–Kier alpha value is -2.22. The first kappa shape index (κ1) is 19.5. The van der Waals surface area contributed by atoms with E-state index in [1.807, 2.05) is 0 Å². The second-order valence-corrected chi connectivity index (χ2v) is 8.20. The first-order valence-electron chi connectivity index (χ1n) is 9.51. The van der Waals surface area contributed by atoms with Crippen molar-refractivity contribution in [1.29, 1.82) is 0 Å². The first-order chi connectivity index (χ1) is 12.6. The average Bonchev–Trinajstić information content (AvgIpc) is 2.95. The number of ketones is 1. The van der Waals surface area contributed by atoms with Gasteiger partial charge in [-0.1, -0.05) is 13.8 Å². The summed E-state index contributed by atoms with van der Waals surface area (Å²) >= 11 is 0. The number of rotatable bonds is 4. The van der Waals surface area contributed by atoms with Crippen molar-refractivity contribution in [3.63, 3.8) is 0 Å². The summed E-state index contributed by atoms with van der Waals surface area (Å²) in [5.41, 5.74) is -0.181. The van der Waals surface area contributed by atoms with Crippen LogP contribution in [-0.4, -0.2) is 42.5 Å². The number of piperidine rings is 1. The van der Waals surface area contributed by atoms with Gasteiger partial charge in [-0.3, -0.25) is 23.6 Å². The quantitative estimate of drug-likeness (QED) is 0.798. The van der Waals surface area contributed by atoms with Crippen LogP contribution in [0.4, 0.5) is 0 Å². The molecule has 3 heterocycles. The van der Waals surface area contributed by atoms with E-state index < -0.39 is 17.3 Å². The van der Waals surface area contributed by atoms with Crippen LogP contribution in [0, 0.1) is 11.8 Å². The fourth-order valence-electron chi connectivity index (χ4n) is 4.29. The number of aryl methyl sites for hydroxylation is 1. The summed E-state index contributed by atoms with van der Waals surface area (Å²) in [6, 6.07) is -0.519. The fourth-order valence-corrected chi connectivity index (χ4v) is 4.29. The van der Waals surface area contributed by atoms with Gasteiger partial charge in [-0.25, -0.2) is 9.78 Å². The minimum Gasteiger partial charge on any atom is -0.311 e. The summed E-state index contributed by atoms with van der Waals surface area (Å²) in [4.78, 5) is 44.2. The molecule has 0 bridgehead atoms. The van der Waals surface area contributed by atoms with Crippen LogP contribution in [0.3, 0.4) is 0 Å². The van der Waals surface area contributed by atoms with Crippen molar-refractivity contribution < 1.29 is 4.79 Å². The molecule has 0 spiro atoms. The zero-order chi connectivity index (χ0) is 20.0. The van der Waals surface area contributed by atoms with Crippen molar-refractivity contribution in [2.75, 3.05) is 13.1 Å². The average molecular weight is 375 g/mol. The zero-order valence-electron chi connectivity index (χ0n) is 17.0. The molecule has 2 aromatic rings. The molecule has 3 rings (SSSR count). The molecule has 1 saturated heterocycles. The van der Waals surface area contributed by atoms with Crippen molar-refractivity contribution in [3.8, 4) is 0 Å². The summed E-state index contributed by atoms with van der Waals surface area (Å²) < 4.78 is 4.18. The van der Waals surface area contributed by atoms with Crippen LogP contribution < -0.4 is 11.2 Å². The molecule has 1 aliphatic heterocycles. The van der Waals surface area contributed by atoms with Crippen molar-refractivity contribution in [2.45, 2.75) is 46.7 Å². The van der Waals surface area contributed by atoms with Crippen molar-refractivity contribution in [2.24, 2.45) is 25.9 Å². The van der Waals surface area contributed by atoms with Gasteiger partial charge in [-0.15, -0.1) is 0 Å². The molecule has 8 nitrogen and oxygen atoms in total. The third-order valence-corrected chi connectivity index (χ3v) is 5.65. The van der Waals surface area contributed by atoms with E-state index in [9.17, 15) is 14.4 Å². The van der Waals surface area contributed by atoms with E-state index >= 15 is 0 Å². The molecule has 0 aromatic carbocycles. The van der Waals surface area contributed by atoms with Crippen molar-refractivity contribution in [1.82, 2.24) is 23.6 Å². The molecule has 0 amide bonds. The molecule has 0 radical (unpaired) electrons. The highest BCUT2D eigenvalue weighted by molar-refractivity contribution is 5.82. The monoisotopic (exact) mass is 375 g/mol. The SMILES string of the molecule is CC(=O)C(C)n1c(CN2CC(C)CC(C)C2)nc2c1c(=O)n(C)c(=O)n2C. The van der Waals surface area contributed by atoms with Crippen molar-refractivity contribution in [3.05, 3.63) is 26.7 Å². The second kappa shape index (κ2) is 7.07. The maximum absolute atomic E-state index is 12.8. The lowest BCUT2D eigenvalue weighted by molar-refractivity contribution is -0.119. The number of imidazole rings is 1. The number of hydrogen-bond donors (Lipinski definition) is 0. The van der Waals surface area contributed by atoms with Crippen LogP contribution in [-0.2, 0) is 25.4 Å². The molecule has 1 aliphatic rings. The lowest BCUT2D eigenvalue weighted by atomic mass is 9.92. The number of nitrogens with zero attached hydrogens (tertiary/aromatic N) is 5. The number of hydrogen-bond acceptors (Lipinski definition) is 5. The van der Waals surface area contributed by atoms with Crippen LogP contribution in [0.5, 0.6) is 0 Å². The van der Waals surface area contributed by atoms with Gasteiger partial charge >= 0.3 is 5.69 Å². The Balaban J connectivity index is 2.20. The van der Waals surface area contributed by atoms with Crippen LogP contribution in [0.2, 0.25) is 0 Å².